The maximum atomic E-state index is 12.3. The van der Waals surface area contributed by atoms with Gasteiger partial charge in [-0.3, -0.25) is 4.79 Å². The molecule has 1 heterocycles. The molecule has 0 spiro atoms. The minimum atomic E-state index is -0.126. The van der Waals surface area contributed by atoms with Gasteiger partial charge in [0, 0.05) is 22.2 Å². The van der Waals surface area contributed by atoms with Crippen molar-refractivity contribution in [2.75, 3.05) is 17.7 Å². The zero-order valence-corrected chi connectivity index (χ0v) is 17.1. The molecule has 7 heteroatoms. The van der Waals surface area contributed by atoms with Crippen LogP contribution in [-0.2, 0) is 4.79 Å². The average Bonchev–Trinajstić information content (AvgIpc) is 3.09. The Kier molecular flexibility index (Phi) is 4.80. The Morgan fingerprint density at radius 2 is 1.70 bits per heavy atom. The maximum Gasteiger partial charge on any atom is 0.234 e. The van der Waals surface area contributed by atoms with E-state index >= 15 is 0 Å². The van der Waals surface area contributed by atoms with Gasteiger partial charge in [-0.05, 0) is 36.6 Å². The van der Waals surface area contributed by atoms with Gasteiger partial charge in [-0.15, -0.1) is 10.2 Å². The fourth-order valence-electron chi connectivity index (χ4n) is 3.61. The number of nitrogens with zero attached hydrogens (tertiary/aromatic N) is 3. The van der Waals surface area contributed by atoms with E-state index in [-0.39, 0.29) is 11.7 Å². The summed E-state index contributed by atoms with van der Waals surface area (Å²) in [4.78, 5) is 17.0. The van der Waals surface area contributed by atoms with Crippen LogP contribution in [0.15, 0.2) is 65.8 Å². The summed E-state index contributed by atoms with van der Waals surface area (Å²) in [6, 6.07) is 19.6. The Hall–Kier alpha value is -3.45. The Balaban J connectivity index is 1.29. The number of thioether (sulfide) groups is 1. The molecule has 6 nitrogen and oxygen atoms in total. The zero-order chi connectivity index (χ0) is 20.5. The first-order chi connectivity index (χ1) is 14.7. The number of hydrogen-bond donors (Lipinski definition) is 1. The second-order valence-corrected chi connectivity index (χ2v) is 7.74. The first-order valence-electron chi connectivity index (χ1n) is 9.65. The van der Waals surface area contributed by atoms with E-state index in [0.29, 0.717) is 11.8 Å². The molecular weight excluding hydrogens is 396 g/mol. The molecule has 4 aromatic rings. The lowest BCUT2D eigenvalue weighted by molar-refractivity contribution is -0.113. The number of aromatic nitrogens is 3. The van der Waals surface area contributed by atoms with Crippen molar-refractivity contribution in [2.45, 2.75) is 12.1 Å². The van der Waals surface area contributed by atoms with Gasteiger partial charge in [0.05, 0.1) is 12.4 Å². The number of anilines is 1. The molecule has 1 aliphatic carbocycles. The zero-order valence-electron chi connectivity index (χ0n) is 16.3. The molecule has 0 radical (unpaired) electrons. The number of carbonyl (C=O) groups excluding carboxylic acids is 1. The minimum absolute atomic E-state index is 0.126. The van der Waals surface area contributed by atoms with Crippen LogP contribution in [0, 0.1) is 0 Å². The van der Waals surface area contributed by atoms with Crippen LogP contribution in [0.3, 0.4) is 0 Å². The Bertz CT molecular complexity index is 1250. The van der Waals surface area contributed by atoms with Crippen molar-refractivity contribution in [3.8, 4) is 28.3 Å². The van der Waals surface area contributed by atoms with E-state index in [9.17, 15) is 4.79 Å². The number of amides is 1. The maximum absolute atomic E-state index is 12.3. The van der Waals surface area contributed by atoms with Crippen molar-refractivity contribution < 1.29 is 9.53 Å². The molecule has 1 aromatic heterocycles. The van der Waals surface area contributed by atoms with Crippen molar-refractivity contribution in [3.63, 3.8) is 0 Å². The largest absolute Gasteiger partial charge is 0.494 e. The lowest BCUT2D eigenvalue weighted by Gasteiger charge is -2.07. The summed E-state index contributed by atoms with van der Waals surface area (Å²) >= 11 is 1.27. The fourth-order valence-corrected chi connectivity index (χ4v) is 4.19. The SMILES string of the molecule is CCOc1ccc(NC(=O)CSc2nnc3c(n2)-c2cccc4cccc-3c24)cc1. The van der Waals surface area contributed by atoms with E-state index in [1.807, 2.05) is 49.4 Å². The molecule has 0 saturated carbocycles. The summed E-state index contributed by atoms with van der Waals surface area (Å²) in [6.45, 7) is 2.54. The summed E-state index contributed by atoms with van der Waals surface area (Å²) in [5, 5.41) is 14.3. The highest BCUT2D eigenvalue weighted by Crippen LogP contribution is 2.44. The fraction of sp³-hybridized carbons (Fsp3) is 0.130. The molecular formula is C23H18N4O2S. The van der Waals surface area contributed by atoms with Gasteiger partial charge < -0.3 is 10.1 Å². The third kappa shape index (κ3) is 3.37. The molecule has 0 saturated heterocycles. The van der Waals surface area contributed by atoms with Crippen LogP contribution in [-0.4, -0.2) is 33.4 Å². The molecule has 1 N–H and O–H groups in total. The van der Waals surface area contributed by atoms with Crippen LogP contribution in [0.4, 0.5) is 5.69 Å². The van der Waals surface area contributed by atoms with Crippen LogP contribution in [0.2, 0.25) is 0 Å². The Labute approximate surface area is 177 Å². The van der Waals surface area contributed by atoms with E-state index in [2.05, 4.69) is 33.7 Å². The summed E-state index contributed by atoms with van der Waals surface area (Å²) in [5.41, 5.74) is 4.46. The Morgan fingerprint density at radius 1 is 0.967 bits per heavy atom. The van der Waals surface area contributed by atoms with Crippen molar-refractivity contribution in [1.29, 1.82) is 0 Å². The number of nitrogens with one attached hydrogen (secondary N) is 1. The molecule has 148 valence electrons. The van der Waals surface area contributed by atoms with Gasteiger partial charge in [0.1, 0.15) is 17.1 Å². The van der Waals surface area contributed by atoms with Crippen molar-refractivity contribution >= 4 is 34.1 Å². The van der Waals surface area contributed by atoms with Crippen LogP contribution in [0.25, 0.3) is 33.3 Å². The number of rotatable bonds is 6. The lowest BCUT2D eigenvalue weighted by Crippen LogP contribution is -2.14. The molecule has 0 bridgehead atoms. The molecule has 30 heavy (non-hydrogen) atoms. The van der Waals surface area contributed by atoms with E-state index in [1.165, 1.54) is 11.8 Å². The van der Waals surface area contributed by atoms with Gasteiger partial charge in [-0.2, -0.15) is 0 Å². The number of benzene rings is 3. The Morgan fingerprint density at radius 3 is 2.43 bits per heavy atom. The van der Waals surface area contributed by atoms with Gasteiger partial charge in [0.25, 0.3) is 0 Å². The van der Waals surface area contributed by atoms with Gasteiger partial charge >= 0.3 is 0 Å². The number of hydrogen-bond acceptors (Lipinski definition) is 6. The van der Waals surface area contributed by atoms with E-state index in [0.717, 1.165) is 44.7 Å². The minimum Gasteiger partial charge on any atom is -0.494 e. The van der Waals surface area contributed by atoms with Gasteiger partial charge in [-0.1, -0.05) is 48.2 Å². The van der Waals surface area contributed by atoms with Crippen LogP contribution in [0.5, 0.6) is 5.75 Å². The summed E-state index contributed by atoms with van der Waals surface area (Å²) in [7, 11) is 0. The monoisotopic (exact) mass is 414 g/mol. The average molecular weight is 414 g/mol. The van der Waals surface area contributed by atoms with E-state index in [1.54, 1.807) is 0 Å². The molecule has 5 rings (SSSR count). The van der Waals surface area contributed by atoms with E-state index < -0.39 is 0 Å². The summed E-state index contributed by atoms with van der Waals surface area (Å²) in [6.07, 6.45) is 0. The lowest BCUT2D eigenvalue weighted by atomic mass is 10.0. The molecule has 0 atom stereocenters. The molecule has 1 amide bonds. The van der Waals surface area contributed by atoms with Crippen molar-refractivity contribution in [1.82, 2.24) is 15.2 Å². The van der Waals surface area contributed by atoms with Crippen LogP contribution < -0.4 is 10.1 Å². The van der Waals surface area contributed by atoms with Gasteiger partial charge in [0.15, 0.2) is 0 Å². The second-order valence-electron chi connectivity index (χ2n) is 6.80. The predicted molar refractivity (Wildman–Crippen MR) is 119 cm³/mol. The molecule has 3 aromatic carbocycles. The molecule has 1 aliphatic rings. The summed E-state index contributed by atoms with van der Waals surface area (Å²) < 4.78 is 5.41. The van der Waals surface area contributed by atoms with Gasteiger partial charge in [-0.25, -0.2) is 4.98 Å². The first kappa shape index (κ1) is 18.6. The highest BCUT2D eigenvalue weighted by Gasteiger charge is 2.25. The third-order valence-electron chi connectivity index (χ3n) is 4.86. The third-order valence-corrected chi connectivity index (χ3v) is 5.70. The number of fused-ring (bicyclic) bond motifs is 3. The smallest absolute Gasteiger partial charge is 0.234 e. The first-order valence-corrected chi connectivity index (χ1v) is 10.6. The second kappa shape index (κ2) is 7.76. The topological polar surface area (TPSA) is 77.0 Å². The van der Waals surface area contributed by atoms with Crippen LogP contribution in [0.1, 0.15) is 6.92 Å². The highest BCUT2D eigenvalue weighted by molar-refractivity contribution is 7.99. The summed E-state index contributed by atoms with van der Waals surface area (Å²) in [5.74, 6) is 0.849. The van der Waals surface area contributed by atoms with Crippen molar-refractivity contribution in [2.24, 2.45) is 0 Å². The normalized spacial score (nSPS) is 11.4. The molecule has 0 fully saturated rings. The number of carbonyl (C=O) groups is 1. The van der Waals surface area contributed by atoms with E-state index in [4.69, 9.17) is 9.72 Å². The van der Waals surface area contributed by atoms with Crippen molar-refractivity contribution in [3.05, 3.63) is 60.7 Å². The van der Waals surface area contributed by atoms with Gasteiger partial charge in [0.2, 0.25) is 11.1 Å². The molecule has 0 unspecified atom stereocenters. The highest BCUT2D eigenvalue weighted by atomic mass is 32.2. The quantitative estimate of drug-likeness (QED) is 0.402. The standard InChI is InChI=1S/C23H18N4O2S/c1-2-29-16-11-9-15(10-12-16)24-19(28)13-30-23-25-21-17-7-3-5-14-6-4-8-18(20(14)17)22(21)26-27-23/h3-12H,2,13H2,1H3,(H,24,28). The predicted octanol–water partition coefficient (Wildman–Crippen LogP) is 4.80. The number of ether oxygens (including phenoxy) is 1. The molecule has 0 aliphatic heterocycles. The van der Waals surface area contributed by atoms with Crippen LogP contribution >= 0.6 is 11.8 Å².